The minimum Gasteiger partial charge on any atom is -0.496 e. The lowest BCUT2D eigenvalue weighted by molar-refractivity contribution is -0.0147. The first kappa shape index (κ1) is 15.3. The topological polar surface area (TPSA) is 30.5 Å². The summed E-state index contributed by atoms with van der Waals surface area (Å²) in [5, 5.41) is 3.34. The predicted octanol–water partition coefficient (Wildman–Crippen LogP) is 3.55. The molecule has 20 heavy (non-hydrogen) atoms. The number of rotatable bonds is 6. The van der Waals surface area contributed by atoms with E-state index in [0.29, 0.717) is 18.6 Å². The highest BCUT2D eigenvalue weighted by Gasteiger charge is 2.23. The molecule has 1 aromatic rings. The van der Waals surface area contributed by atoms with Gasteiger partial charge in [-0.1, -0.05) is 38.0 Å². The van der Waals surface area contributed by atoms with Gasteiger partial charge in [-0.25, -0.2) is 0 Å². The third-order valence-electron chi connectivity index (χ3n) is 4.37. The minimum absolute atomic E-state index is 0.181. The van der Waals surface area contributed by atoms with Gasteiger partial charge in [0, 0.05) is 5.56 Å². The van der Waals surface area contributed by atoms with Gasteiger partial charge < -0.3 is 14.8 Å². The molecule has 1 N–H and O–H groups in total. The van der Waals surface area contributed by atoms with Crippen molar-refractivity contribution in [1.29, 1.82) is 0 Å². The molecule has 0 heterocycles. The Morgan fingerprint density at radius 2 is 2.00 bits per heavy atom. The fourth-order valence-electron chi connectivity index (χ4n) is 3.03. The van der Waals surface area contributed by atoms with Gasteiger partial charge in [-0.05, 0) is 31.9 Å². The van der Waals surface area contributed by atoms with Crippen molar-refractivity contribution in [1.82, 2.24) is 5.32 Å². The van der Waals surface area contributed by atoms with Crippen molar-refractivity contribution in [3.8, 4) is 5.75 Å². The number of likely N-dealkylation sites (N-methyl/N-ethyl adjacent to an activating group) is 1. The Bertz CT molecular complexity index is 408. The van der Waals surface area contributed by atoms with Crippen LogP contribution in [0.25, 0.3) is 0 Å². The molecule has 1 aliphatic rings. The summed E-state index contributed by atoms with van der Waals surface area (Å²) in [5.74, 6) is 1.60. The fraction of sp³-hybridized carbons (Fsp3) is 0.647. The van der Waals surface area contributed by atoms with E-state index in [1.54, 1.807) is 7.11 Å². The molecule has 2 rings (SSSR count). The van der Waals surface area contributed by atoms with Crippen molar-refractivity contribution in [2.75, 3.05) is 20.8 Å². The van der Waals surface area contributed by atoms with Gasteiger partial charge >= 0.3 is 0 Å². The highest BCUT2D eigenvalue weighted by Crippen LogP contribution is 2.29. The second-order valence-corrected chi connectivity index (χ2v) is 5.72. The van der Waals surface area contributed by atoms with Crippen molar-refractivity contribution >= 4 is 0 Å². The van der Waals surface area contributed by atoms with Crippen molar-refractivity contribution in [2.24, 2.45) is 5.92 Å². The number of hydrogen-bond acceptors (Lipinski definition) is 3. The number of hydrogen-bond donors (Lipinski definition) is 1. The summed E-state index contributed by atoms with van der Waals surface area (Å²) in [6, 6.07) is 8.33. The summed E-state index contributed by atoms with van der Waals surface area (Å²) in [6.45, 7) is 3.01. The quantitative estimate of drug-likeness (QED) is 0.862. The molecule has 0 aliphatic heterocycles. The number of nitrogens with one attached hydrogen (secondary N) is 1. The molecule has 112 valence electrons. The second kappa shape index (κ2) is 7.65. The van der Waals surface area contributed by atoms with Crippen LogP contribution in [0.1, 0.15) is 44.2 Å². The zero-order valence-electron chi connectivity index (χ0n) is 12.9. The molecule has 0 saturated heterocycles. The van der Waals surface area contributed by atoms with E-state index < -0.39 is 0 Å². The van der Waals surface area contributed by atoms with E-state index in [1.165, 1.54) is 31.2 Å². The van der Waals surface area contributed by atoms with Crippen LogP contribution in [0.4, 0.5) is 0 Å². The van der Waals surface area contributed by atoms with Crippen LogP contribution in [-0.2, 0) is 4.74 Å². The molecule has 3 heteroatoms. The van der Waals surface area contributed by atoms with Gasteiger partial charge in [0.15, 0.2) is 0 Å². The highest BCUT2D eigenvalue weighted by molar-refractivity contribution is 5.35. The maximum Gasteiger partial charge on any atom is 0.123 e. The third kappa shape index (κ3) is 3.74. The summed E-state index contributed by atoms with van der Waals surface area (Å²) >= 11 is 0. The molecular weight excluding hydrogens is 250 g/mol. The lowest BCUT2D eigenvalue weighted by Gasteiger charge is -2.30. The van der Waals surface area contributed by atoms with Crippen molar-refractivity contribution < 1.29 is 9.47 Å². The summed E-state index contributed by atoms with van der Waals surface area (Å²) < 4.78 is 11.6. The van der Waals surface area contributed by atoms with Crippen molar-refractivity contribution in [2.45, 2.75) is 44.8 Å². The van der Waals surface area contributed by atoms with Gasteiger partial charge in [0.2, 0.25) is 0 Å². The Kier molecular flexibility index (Phi) is 5.86. The monoisotopic (exact) mass is 277 g/mol. The molecule has 1 saturated carbocycles. The van der Waals surface area contributed by atoms with Crippen molar-refractivity contribution in [3.05, 3.63) is 29.8 Å². The van der Waals surface area contributed by atoms with E-state index in [2.05, 4.69) is 18.3 Å². The Balaban J connectivity index is 1.98. The Labute approximate surface area is 122 Å². The zero-order chi connectivity index (χ0) is 14.4. The Morgan fingerprint density at radius 3 is 2.70 bits per heavy atom. The van der Waals surface area contributed by atoms with E-state index in [0.717, 1.165) is 5.75 Å². The molecule has 0 bridgehead atoms. The second-order valence-electron chi connectivity index (χ2n) is 5.72. The van der Waals surface area contributed by atoms with Crippen LogP contribution < -0.4 is 10.1 Å². The van der Waals surface area contributed by atoms with E-state index >= 15 is 0 Å². The van der Waals surface area contributed by atoms with Gasteiger partial charge in [-0.3, -0.25) is 0 Å². The maximum absolute atomic E-state index is 6.18. The number of ether oxygens (including phenoxy) is 2. The average Bonchev–Trinajstić information content (AvgIpc) is 2.50. The smallest absolute Gasteiger partial charge is 0.123 e. The minimum atomic E-state index is 0.181. The first-order valence-electron chi connectivity index (χ1n) is 7.68. The molecule has 3 unspecified atom stereocenters. The van der Waals surface area contributed by atoms with Crippen LogP contribution in [0.5, 0.6) is 5.75 Å². The Hall–Kier alpha value is -1.06. The van der Waals surface area contributed by atoms with Crippen molar-refractivity contribution in [3.63, 3.8) is 0 Å². The molecule has 3 atom stereocenters. The molecular formula is C17H27NO2. The number of benzene rings is 1. The Morgan fingerprint density at radius 1 is 1.25 bits per heavy atom. The van der Waals surface area contributed by atoms with Crippen LogP contribution >= 0.6 is 0 Å². The fourth-order valence-corrected chi connectivity index (χ4v) is 3.03. The van der Waals surface area contributed by atoms with E-state index in [-0.39, 0.29) is 6.04 Å². The van der Waals surface area contributed by atoms with Gasteiger partial charge in [0.1, 0.15) is 5.75 Å². The van der Waals surface area contributed by atoms with Gasteiger partial charge in [0.25, 0.3) is 0 Å². The SMILES string of the molecule is CNC(COC1CCCCC1C)c1ccccc1OC. The van der Waals surface area contributed by atoms with Crippen LogP contribution in [0, 0.1) is 5.92 Å². The third-order valence-corrected chi connectivity index (χ3v) is 4.37. The van der Waals surface area contributed by atoms with Gasteiger partial charge in [0.05, 0.1) is 25.9 Å². The zero-order valence-corrected chi connectivity index (χ0v) is 12.9. The van der Waals surface area contributed by atoms with Gasteiger partial charge in [-0.2, -0.15) is 0 Å². The summed E-state index contributed by atoms with van der Waals surface area (Å²) in [7, 11) is 3.69. The van der Waals surface area contributed by atoms with Gasteiger partial charge in [-0.15, -0.1) is 0 Å². The van der Waals surface area contributed by atoms with Crippen LogP contribution in [-0.4, -0.2) is 26.9 Å². The summed E-state index contributed by atoms with van der Waals surface area (Å²) in [6.07, 6.45) is 5.55. The molecule has 0 amide bonds. The van der Waals surface area contributed by atoms with E-state index in [1.807, 2.05) is 25.2 Å². The standard InChI is InChI=1S/C17H27NO2/c1-13-8-4-6-10-16(13)20-12-15(18-2)14-9-5-7-11-17(14)19-3/h5,7,9,11,13,15-16,18H,4,6,8,10,12H2,1-3H3. The van der Waals surface area contributed by atoms with Crippen LogP contribution in [0.15, 0.2) is 24.3 Å². The molecule has 0 radical (unpaired) electrons. The lowest BCUT2D eigenvalue weighted by Crippen LogP contribution is -2.30. The molecule has 0 aromatic heterocycles. The molecule has 1 aliphatic carbocycles. The summed E-state index contributed by atoms with van der Waals surface area (Å²) in [4.78, 5) is 0. The predicted molar refractivity (Wildman–Crippen MR) is 82.2 cm³/mol. The molecule has 3 nitrogen and oxygen atoms in total. The first-order valence-corrected chi connectivity index (χ1v) is 7.68. The molecule has 0 spiro atoms. The van der Waals surface area contributed by atoms with E-state index in [9.17, 15) is 0 Å². The number of methoxy groups -OCH3 is 1. The van der Waals surface area contributed by atoms with E-state index in [4.69, 9.17) is 9.47 Å². The lowest BCUT2D eigenvalue weighted by atomic mass is 9.88. The normalized spacial score (nSPS) is 24.4. The number of para-hydroxylation sites is 1. The highest BCUT2D eigenvalue weighted by atomic mass is 16.5. The molecule has 1 aromatic carbocycles. The van der Waals surface area contributed by atoms with Crippen LogP contribution in [0.3, 0.4) is 0 Å². The molecule has 1 fully saturated rings. The average molecular weight is 277 g/mol. The van der Waals surface area contributed by atoms with Crippen LogP contribution in [0.2, 0.25) is 0 Å². The maximum atomic E-state index is 6.18. The largest absolute Gasteiger partial charge is 0.496 e. The summed E-state index contributed by atoms with van der Waals surface area (Å²) in [5.41, 5.74) is 1.17. The first-order chi connectivity index (χ1) is 9.76.